The molecule has 5 heteroatoms. The molecule has 0 aliphatic carbocycles. The van der Waals surface area contributed by atoms with Crippen LogP contribution in [0.3, 0.4) is 0 Å². The molecule has 1 amide bonds. The molecule has 0 bridgehead atoms. The topological polar surface area (TPSA) is 64.9 Å². The van der Waals surface area contributed by atoms with E-state index >= 15 is 0 Å². The fourth-order valence-corrected chi connectivity index (χ4v) is 2.10. The number of halogens is 1. The minimum Gasteiger partial charge on any atom is -0.359 e. The highest BCUT2D eigenvalue weighted by Gasteiger charge is 2.09. The molecule has 20 heavy (non-hydrogen) atoms. The quantitative estimate of drug-likeness (QED) is 0.646. The molecule has 0 heterocycles. The van der Waals surface area contributed by atoms with Crippen molar-refractivity contribution in [1.82, 2.24) is 5.32 Å². The van der Waals surface area contributed by atoms with Crippen molar-refractivity contribution in [1.29, 1.82) is 5.26 Å². The second-order valence-corrected chi connectivity index (χ2v) is 4.92. The number of rotatable bonds is 5. The molecular formula is C15H18ClN3O. The minimum absolute atomic E-state index is 0.0227. The van der Waals surface area contributed by atoms with Crippen LogP contribution in [0.25, 0.3) is 0 Å². The van der Waals surface area contributed by atoms with Crippen molar-refractivity contribution >= 4 is 23.2 Å². The van der Waals surface area contributed by atoms with E-state index in [1.807, 2.05) is 39.0 Å². The molecule has 1 aromatic rings. The van der Waals surface area contributed by atoms with Gasteiger partial charge in [-0.2, -0.15) is 5.26 Å². The zero-order valence-corrected chi connectivity index (χ0v) is 12.6. The molecule has 2 N–H and O–H groups in total. The van der Waals surface area contributed by atoms with Gasteiger partial charge in [0.15, 0.2) is 0 Å². The van der Waals surface area contributed by atoms with E-state index in [9.17, 15) is 4.79 Å². The van der Waals surface area contributed by atoms with Crippen LogP contribution < -0.4 is 10.6 Å². The number of hydrogen-bond acceptors (Lipinski definition) is 3. The zero-order chi connectivity index (χ0) is 15.1. The summed E-state index contributed by atoms with van der Waals surface area (Å²) in [5.74, 6) is -0.386. The first-order valence-corrected chi connectivity index (χ1v) is 6.79. The van der Waals surface area contributed by atoms with Crippen LogP contribution in [0.5, 0.6) is 0 Å². The van der Waals surface area contributed by atoms with Gasteiger partial charge in [0.2, 0.25) is 0 Å². The molecule has 0 radical (unpaired) electrons. The Morgan fingerprint density at radius 2 is 2.15 bits per heavy atom. The fraction of sp³-hybridized carbons (Fsp3) is 0.333. The van der Waals surface area contributed by atoms with E-state index in [2.05, 4.69) is 10.6 Å². The van der Waals surface area contributed by atoms with Crippen molar-refractivity contribution in [2.24, 2.45) is 0 Å². The second kappa shape index (κ2) is 7.56. The Bertz CT molecular complexity index is 550. The molecule has 0 saturated carbocycles. The third kappa shape index (κ3) is 4.29. The zero-order valence-electron chi connectivity index (χ0n) is 11.9. The summed E-state index contributed by atoms with van der Waals surface area (Å²) in [5.41, 5.74) is 2.74. The van der Waals surface area contributed by atoms with Crippen molar-refractivity contribution in [2.75, 3.05) is 11.9 Å². The molecule has 1 aromatic carbocycles. The number of nitriles is 1. The molecule has 0 fully saturated rings. The van der Waals surface area contributed by atoms with Gasteiger partial charge >= 0.3 is 0 Å². The van der Waals surface area contributed by atoms with E-state index in [0.717, 1.165) is 17.5 Å². The van der Waals surface area contributed by atoms with E-state index in [1.54, 1.807) is 0 Å². The van der Waals surface area contributed by atoms with Gasteiger partial charge < -0.3 is 10.6 Å². The predicted octanol–water partition coefficient (Wildman–Crippen LogP) is 3.30. The van der Waals surface area contributed by atoms with Crippen LogP contribution >= 0.6 is 11.6 Å². The average Bonchev–Trinajstić information content (AvgIpc) is 2.39. The summed E-state index contributed by atoms with van der Waals surface area (Å²) in [6.45, 7) is 6.36. The lowest BCUT2D eigenvalue weighted by Crippen LogP contribution is -2.25. The van der Waals surface area contributed by atoms with E-state index in [-0.39, 0.29) is 11.5 Å². The first-order chi connectivity index (χ1) is 9.49. The number of amides is 1. The maximum absolute atomic E-state index is 11.7. The van der Waals surface area contributed by atoms with Crippen LogP contribution in [-0.4, -0.2) is 12.5 Å². The summed E-state index contributed by atoms with van der Waals surface area (Å²) in [6, 6.07) is 5.68. The highest BCUT2D eigenvalue weighted by molar-refractivity contribution is 6.33. The molecule has 0 aliphatic heterocycles. The van der Waals surface area contributed by atoms with Crippen LogP contribution in [0.15, 0.2) is 23.9 Å². The molecule has 0 saturated heterocycles. The third-order valence-electron chi connectivity index (χ3n) is 2.69. The Morgan fingerprint density at radius 1 is 1.45 bits per heavy atom. The van der Waals surface area contributed by atoms with Crippen molar-refractivity contribution in [3.05, 3.63) is 40.1 Å². The lowest BCUT2D eigenvalue weighted by atomic mass is 10.1. The molecule has 1 rings (SSSR count). The number of nitrogens with one attached hydrogen (secondary N) is 2. The van der Waals surface area contributed by atoms with Gasteiger partial charge in [-0.25, -0.2) is 0 Å². The summed E-state index contributed by atoms with van der Waals surface area (Å²) in [5, 5.41) is 15.2. The minimum atomic E-state index is -0.386. The Labute approximate surface area is 124 Å². The lowest BCUT2D eigenvalue weighted by molar-refractivity contribution is -0.117. The Kier molecular flexibility index (Phi) is 6.08. The molecule has 0 aliphatic rings. The first kappa shape index (κ1) is 16.1. The molecule has 0 atom stereocenters. The maximum atomic E-state index is 11.7. The number of benzene rings is 1. The fourth-order valence-electron chi connectivity index (χ4n) is 1.73. The number of aryl methyl sites for hydroxylation is 2. The summed E-state index contributed by atoms with van der Waals surface area (Å²) in [4.78, 5) is 11.7. The molecule has 0 aromatic heterocycles. The highest BCUT2D eigenvalue weighted by Crippen LogP contribution is 2.27. The smallest absolute Gasteiger partial charge is 0.263 e. The van der Waals surface area contributed by atoms with Crippen molar-refractivity contribution < 1.29 is 4.79 Å². The van der Waals surface area contributed by atoms with Crippen LogP contribution in [0.1, 0.15) is 24.5 Å². The van der Waals surface area contributed by atoms with Crippen LogP contribution in [0, 0.1) is 25.2 Å². The van der Waals surface area contributed by atoms with Gasteiger partial charge in [0, 0.05) is 12.7 Å². The largest absolute Gasteiger partial charge is 0.359 e. The predicted molar refractivity (Wildman–Crippen MR) is 81.5 cm³/mol. The SMILES string of the molecule is CCCNC(=O)/C(C#N)=C\Nc1c(C)cc(C)cc1Cl. The summed E-state index contributed by atoms with van der Waals surface area (Å²) >= 11 is 6.15. The average molecular weight is 292 g/mol. The van der Waals surface area contributed by atoms with Crippen molar-refractivity contribution in [2.45, 2.75) is 27.2 Å². The Morgan fingerprint density at radius 3 is 2.70 bits per heavy atom. The Hall–Kier alpha value is -1.99. The highest BCUT2D eigenvalue weighted by atomic mass is 35.5. The molecule has 106 valence electrons. The molecule has 0 spiro atoms. The molecular weight excluding hydrogens is 274 g/mol. The van der Waals surface area contributed by atoms with E-state index < -0.39 is 0 Å². The normalized spacial score (nSPS) is 10.8. The summed E-state index contributed by atoms with van der Waals surface area (Å²) in [6.07, 6.45) is 2.20. The van der Waals surface area contributed by atoms with Gasteiger partial charge in [0.05, 0.1) is 10.7 Å². The number of nitrogens with zero attached hydrogens (tertiary/aromatic N) is 1. The van der Waals surface area contributed by atoms with Crippen LogP contribution in [-0.2, 0) is 4.79 Å². The van der Waals surface area contributed by atoms with Gasteiger partial charge in [-0.3, -0.25) is 4.79 Å². The van der Waals surface area contributed by atoms with E-state index in [0.29, 0.717) is 17.3 Å². The summed E-state index contributed by atoms with van der Waals surface area (Å²) in [7, 11) is 0. The molecule has 0 unspecified atom stereocenters. The second-order valence-electron chi connectivity index (χ2n) is 4.51. The van der Waals surface area contributed by atoms with Crippen molar-refractivity contribution in [3.63, 3.8) is 0 Å². The monoisotopic (exact) mass is 291 g/mol. The summed E-state index contributed by atoms with van der Waals surface area (Å²) < 4.78 is 0. The Balaban J connectivity index is 2.90. The van der Waals surface area contributed by atoms with E-state index in [1.165, 1.54) is 6.20 Å². The standard InChI is InChI=1S/C15H18ClN3O/c1-4-5-18-15(20)12(8-17)9-19-14-11(3)6-10(2)7-13(14)16/h6-7,9,19H,4-5H2,1-3H3,(H,18,20)/b12-9-. The van der Waals surface area contributed by atoms with E-state index in [4.69, 9.17) is 16.9 Å². The lowest BCUT2D eigenvalue weighted by Gasteiger charge is -2.10. The number of anilines is 1. The first-order valence-electron chi connectivity index (χ1n) is 6.41. The number of carbonyl (C=O) groups excluding carboxylic acids is 1. The van der Waals surface area contributed by atoms with Gasteiger partial charge in [-0.15, -0.1) is 0 Å². The number of hydrogen-bond donors (Lipinski definition) is 2. The maximum Gasteiger partial charge on any atom is 0.263 e. The van der Waals surface area contributed by atoms with Crippen LogP contribution in [0.2, 0.25) is 5.02 Å². The molecule has 4 nitrogen and oxygen atoms in total. The van der Waals surface area contributed by atoms with Gasteiger partial charge in [0.25, 0.3) is 5.91 Å². The van der Waals surface area contributed by atoms with Gasteiger partial charge in [0.1, 0.15) is 11.6 Å². The third-order valence-corrected chi connectivity index (χ3v) is 2.99. The van der Waals surface area contributed by atoms with Crippen LogP contribution in [0.4, 0.5) is 5.69 Å². The number of carbonyl (C=O) groups is 1. The van der Waals surface area contributed by atoms with Crippen molar-refractivity contribution in [3.8, 4) is 6.07 Å². The van der Waals surface area contributed by atoms with Gasteiger partial charge in [-0.1, -0.05) is 24.6 Å². The van der Waals surface area contributed by atoms with Gasteiger partial charge in [-0.05, 0) is 37.5 Å².